The Labute approximate surface area is 152 Å². The summed E-state index contributed by atoms with van der Waals surface area (Å²) < 4.78 is 4.71. The van der Waals surface area contributed by atoms with Gasteiger partial charge in [0.1, 0.15) is 6.04 Å². The average Bonchev–Trinajstić information content (AvgIpc) is 2.55. The molecule has 0 bridgehead atoms. The maximum absolute atomic E-state index is 12.0. The molecule has 0 spiro atoms. The number of esters is 2. The summed E-state index contributed by atoms with van der Waals surface area (Å²) in [6.45, 7) is 0. The predicted octanol–water partition coefficient (Wildman–Crippen LogP) is 3.16. The third-order valence-electron chi connectivity index (χ3n) is 3.27. The van der Waals surface area contributed by atoms with Gasteiger partial charge in [-0.2, -0.15) is 0 Å². The molecule has 0 radical (unpaired) electrons. The van der Waals surface area contributed by atoms with Crippen molar-refractivity contribution in [3.8, 4) is 0 Å². The number of benzene rings is 2. The van der Waals surface area contributed by atoms with Crippen LogP contribution in [0.3, 0.4) is 0 Å². The van der Waals surface area contributed by atoms with Crippen LogP contribution in [-0.2, 0) is 16.0 Å². The van der Waals surface area contributed by atoms with Crippen molar-refractivity contribution in [1.29, 1.82) is 0 Å². The Bertz CT molecular complexity index is 804. The summed E-state index contributed by atoms with van der Waals surface area (Å²) in [5.41, 5.74) is 6.10. The molecule has 7 nitrogen and oxygen atoms in total. The summed E-state index contributed by atoms with van der Waals surface area (Å²) in [6.07, 6.45) is 0.0420. The topological polar surface area (TPSA) is 113 Å². The fraction of sp³-hybridized carbons (Fsp3) is 0.125. The van der Waals surface area contributed by atoms with Crippen molar-refractivity contribution >= 4 is 40.8 Å². The summed E-state index contributed by atoms with van der Waals surface area (Å²) in [5.74, 6) is -1.96. The molecule has 0 amide bonds. The Morgan fingerprint density at radius 1 is 1.12 bits per heavy atom. The number of carbonyl (C=O) groups excluding carboxylic acids is 2. The molecule has 0 unspecified atom stereocenters. The van der Waals surface area contributed by atoms with Crippen LogP contribution in [0.1, 0.15) is 15.9 Å². The minimum atomic E-state index is -1.13. The second-order valence-corrected chi connectivity index (χ2v) is 5.85. The third kappa shape index (κ3) is 4.76. The van der Waals surface area contributed by atoms with E-state index in [2.05, 4.69) is 0 Å². The van der Waals surface area contributed by atoms with Crippen molar-refractivity contribution in [2.24, 2.45) is 5.73 Å². The zero-order valence-corrected chi connectivity index (χ0v) is 14.2. The summed E-state index contributed by atoms with van der Waals surface area (Å²) in [4.78, 5) is 34.1. The molecular formula is C16H12Cl2N2O5. The van der Waals surface area contributed by atoms with Crippen LogP contribution in [0.25, 0.3) is 0 Å². The maximum Gasteiger partial charge on any atom is 0.348 e. The molecule has 0 aliphatic rings. The van der Waals surface area contributed by atoms with Crippen LogP contribution in [0.5, 0.6) is 0 Å². The van der Waals surface area contributed by atoms with Crippen molar-refractivity contribution < 1.29 is 19.2 Å². The highest BCUT2D eigenvalue weighted by Crippen LogP contribution is 2.25. The van der Waals surface area contributed by atoms with Gasteiger partial charge in [-0.05, 0) is 24.1 Å². The van der Waals surface area contributed by atoms with Crippen LogP contribution in [0.4, 0.5) is 5.69 Å². The van der Waals surface area contributed by atoms with Crippen LogP contribution in [0.15, 0.2) is 42.5 Å². The zero-order valence-electron chi connectivity index (χ0n) is 12.6. The van der Waals surface area contributed by atoms with E-state index >= 15 is 0 Å². The number of ether oxygens (including phenoxy) is 1. The van der Waals surface area contributed by atoms with Gasteiger partial charge in [0, 0.05) is 12.1 Å². The largest absolute Gasteiger partial charge is 0.388 e. The van der Waals surface area contributed by atoms with E-state index in [0.717, 1.165) is 0 Å². The Kier molecular flexibility index (Phi) is 6.08. The number of nitro benzene ring substituents is 1. The first-order valence-corrected chi connectivity index (χ1v) is 7.74. The highest BCUT2D eigenvalue weighted by molar-refractivity contribution is 6.39. The van der Waals surface area contributed by atoms with Gasteiger partial charge in [-0.15, -0.1) is 0 Å². The SMILES string of the molecule is N[C@@H](Cc1ccc([N+](=O)[O-])cc1)C(=O)OC(=O)c1c(Cl)cccc1Cl. The molecule has 0 fully saturated rings. The fourth-order valence-corrected chi connectivity index (χ4v) is 2.55. The fourth-order valence-electron chi connectivity index (χ4n) is 2.00. The molecular weight excluding hydrogens is 371 g/mol. The van der Waals surface area contributed by atoms with Gasteiger partial charge in [0.25, 0.3) is 5.69 Å². The zero-order chi connectivity index (χ0) is 18.6. The lowest BCUT2D eigenvalue weighted by molar-refractivity contribution is -0.384. The third-order valence-corrected chi connectivity index (χ3v) is 3.90. The highest BCUT2D eigenvalue weighted by Gasteiger charge is 2.23. The molecule has 2 aromatic rings. The van der Waals surface area contributed by atoms with Crippen LogP contribution in [-0.4, -0.2) is 22.9 Å². The standard InChI is InChI=1S/C16H12Cl2N2O5/c17-11-2-1-3-12(18)14(11)16(22)25-15(21)13(19)8-9-4-6-10(7-5-9)20(23)24/h1-7,13H,8,19H2/t13-/m0/s1. The normalized spacial score (nSPS) is 11.6. The molecule has 9 heteroatoms. The van der Waals surface area contributed by atoms with E-state index in [1.165, 1.54) is 36.4 Å². The molecule has 2 rings (SSSR count). The van der Waals surface area contributed by atoms with Crippen LogP contribution in [0, 0.1) is 10.1 Å². The van der Waals surface area contributed by atoms with Crippen molar-refractivity contribution in [1.82, 2.24) is 0 Å². The second-order valence-electron chi connectivity index (χ2n) is 5.04. The number of halogens is 2. The summed E-state index contributed by atoms with van der Waals surface area (Å²) in [7, 11) is 0. The lowest BCUT2D eigenvalue weighted by Gasteiger charge is -2.11. The number of carbonyl (C=O) groups is 2. The molecule has 0 saturated carbocycles. The molecule has 0 aliphatic carbocycles. The van der Waals surface area contributed by atoms with Gasteiger partial charge >= 0.3 is 11.9 Å². The first-order chi connectivity index (χ1) is 11.8. The van der Waals surface area contributed by atoms with E-state index in [-0.39, 0.29) is 27.7 Å². The van der Waals surface area contributed by atoms with Gasteiger partial charge in [0.2, 0.25) is 0 Å². The molecule has 130 valence electrons. The first-order valence-electron chi connectivity index (χ1n) is 6.98. The summed E-state index contributed by atoms with van der Waals surface area (Å²) in [6, 6.07) is 8.81. The molecule has 0 aliphatic heterocycles. The van der Waals surface area contributed by atoms with Crippen LogP contribution >= 0.6 is 23.2 Å². The molecule has 0 heterocycles. The Hall–Kier alpha value is -2.48. The number of nitrogens with two attached hydrogens (primary N) is 1. The molecule has 1 atom stereocenters. The van der Waals surface area contributed by atoms with Crippen molar-refractivity contribution in [3.05, 3.63) is 73.8 Å². The minimum absolute atomic E-state index is 0.0420. The van der Waals surface area contributed by atoms with Crippen LogP contribution < -0.4 is 5.73 Å². The van der Waals surface area contributed by atoms with Crippen molar-refractivity contribution in [3.63, 3.8) is 0 Å². The van der Waals surface area contributed by atoms with Gasteiger partial charge in [-0.3, -0.25) is 10.1 Å². The van der Waals surface area contributed by atoms with Crippen LogP contribution in [0.2, 0.25) is 10.0 Å². The monoisotopic (exact) mass is 382 g/mol. The molecule has 0 saturated heterocycles. The van der Waals surface area contributed by atoms with E-state index < -0.39 is 22.9 Å². The number of hydrogen-bond acceptors (Lipinski definition) is 6. The van der Waals surface area contributed by atoms with E-state index in [4.69, 9.17) is 33.7 Å². The maximum atomic E-state index is 12.0. The Morgan fingerprint density at radius 2 is 1.68 bits per heavy atom. The predicted molar refractivity (Wildman–Crippen MR) is 91.7 cm³/mol. The molecule has 2 aromatic carbocycles. The van der Waals surface area contributed by atoms with Crippen molar-refractivity contribution in [2.75, 3.05) is 0 Å². The number of nitro groups is 1. The lowest BCUT2D eigenvalue weighted by Crippen LogP contribution is -2.35. The Balaban J connectivity index is 2.02. The number of rotatable bonds is 5. The van der Waals surface area contributed by atoms with E-state index in [1.54, 1.807) is 6.07 Å². The molecule has 25 heavy (non-hydrogen) atoms. The Morgan fingerprint density at radius 3 is 2.20 bits per heavy atom. The van der Waals surface area contributed by atoms with Gasteiger partial charge in [0.05, 0.1) is 20.5 Å². The number of hydrogen-bond donors (Lipinski definition) is 1. The van der Waals surface area contributed by atoms with Gasteiger partial charge in [-0.1, -0.05) is 41.4 Å². The van der Waals surface area contributed by atoms with E-state index in [9.17, 15) is 19.7 Å². The first kappa shape index (κ1) is 18.9. The average molecular weight is 383 g/mol. The smallest absolute Gasteiger partial charge is 0.348 e. The quantitative estimate of drug-likeness (QED) is 0.367. The molecule has 2 N–H and O–H groups in total. The summed E-state index contributed by atoms with van der Waals surface area (Å²) >= 11 is 11.7. The minimum Gasteiger partial charge on any atom is -0.388 e. The second kappa shape index (κ2) is 8.06. The van der Waals surface area contributed by atoms with E-state index in [1.807, 2.05) is 0 Å². The lowest BCUT2D eigenvalue weighted by atomic mass is 10.1. The van der Waals surface area contributed by atoms with Gasteiger partial charge < -0.3 is 10.5 Å². The van der Waals surface area contributed by atoms with Gasteiger partial charge in [0.15, 0.2) is 0 Å². The number of nitrogens with zero attached hydrogens (tertiary/aromatic N) is 1. The summed E-state index contributed by atoms with van der Waals surface area (Å²) in [5, 5.41) is 10.7. The highest BCUT2D eigenvalue weighted by atomic mass is 35.5. The van der Waals surface area contributed by atoms with Gasteiger partial charge in [-0.25, -0.2) is 9.59 Å². The van der Waals surface area contributed by atoms with E-state index in [0.29, 0.717) is 5.56 Å². The molecule has 0 aromatic heterocycles. The number of non-ortho nitro benzene ring substituents is 1. The van der Waals surface area contributed by atoms with Crippen molar-refractivity contribution in [2.45, 2.75) is 12.5 Å².